The number of esters is 1. The summed E-state index contributed by atoms with van der Waals surface area (Å²) >= 11 is 0. The van der Waals surface area contributed by atoms with E-state index in [1.165, 1.54) is 7.11 Å². The van der Waals surface area contributed by atoms with Gasteiger partial charge in [-0.1, -0.05) is 5.92 Å². The monoisotopic (exact) mass is 153 g/mol. The highest BCUT2D eigenvalue weighted by Crippen LogP contribution is 2.12. The fourth-order valence-electron chi connectivity index (χ4n) is 1.20. The van der Waals surface area contributed by atoms with Gasteiger partial charge < -0.3 is 4.74 Å². The van der Waals surface area contributed by atoms with Gasteiger partial charge in [-0.2, -0.15) is 0 Å². The molecule has 1 unspecified atom stereocenters. The van der Waals surface area contributed by atoms with E-state index in [1.807, 2.05) is 0 Å². The van der Waals surface area contributed by atoms with Crippen molar-refractivity contribution in [2.24, 2.45) is 0 Å². The molecule has 1 heterocycles. The van der Waals surface area contributed by atoms with Gasteiger partial charge in [0, 0.05) is 0 Å². The predicted octanol–water partition coefficient (Wildman–Crippen LogP) is -0.0868. The van der Waals surface area contributed by atoms with E-state index < -0.39 is 0 Å². The summed E-state index contributed by atoms with van der Waals surface area (Å²) in [6.45, 7) is 0. The van der Waals surface area contributed by atoms with Crippen LogP contribution in [0.5, 0.6) is 0 Å². The summed E-state index contributed by atoms with van der Waals surface area (Å²) in [4.78, 5) is 10.9. The summed E-state index contributed by atoms with van der Waals surface area (Å²) in [6, 6.07) is -0.153. The van der Waals surface area contributed by atoms with Gasteiger partial charge in [0.05, 0.1) is 13.2 Å². The summed E-state index contributed by atoms with van der Waals surface area (Å²) < 4.78 is 4.56. The van der Waals surface area contributed by atoms with Crippen LogP contribution in [0.2, 0.25) is 0 Å². The minimum Gasteiger partial charge on any atom is -0.468 e. The second-order valence-corrected chi connectivity index (χ2v) is 2.54. The van der Waals surface area contributed by atoms with Crippen molar-refractivity contribution in [2.45, 2.75) is 24.9 Å². The zero-order chi connectivity index (χ0) is 8.27. The van der Waals surface area contributed by atoms with Gasteiger partial charge >= 0.3 is 5.97 Å². The highest BCUT2D eigenvalue weighted by molar-refractivity contribution is 5.76. The lowest BCUT2D eigenvalue weighted by atomic mass is 10.2. The molecule has 0 amide bonds. The number of hydrogen-bond acceptors (Lipinski definition) is 3. The fourth-order valence-corrected chi connectivity index (χ4v) is 1.20. The molecule has 60 valence electrons. The van der Waals surface area contributed by atoms with Gasteiger partial charge in [-0.3, -0.25) is 10.1 Å². The Morgan fingerprint density at radius 1 is 1.73 bits per heavy atom. The Hall–Kier alpha value is -1.01. The normalized spacial score (nSPS) is 29.5. The number of terminal acetylenes is 1. The number of ether oxygens (including phenoxy) is 1. The fraction of sp³-hybridized carbons (Fsp3) is 0.625. The van der Waals surface area contributed by atoms with Crippen LogP contribution in [0.3, 0.4) is 0 Å². The topological polar surface area (TPSA) is 38.3 Å². The SMILES string of the molecule is C#C[C@@H]1CCC(C(=O)OC)N1. The third-order valence-corrected chi connectivity index (χ3v) is 1.83. The maximum Gasteiger partial charge on any atom is 0.322 e. The van der Waals surface area contributed by atoms with E-state index in [2.05, 4.69) is 16.0 Å². The molecule has 1 aliphatic rings. The van der Waals surface area contributed by atoms with Crippen LogP contribution < -0.4 is 5.32 Å². The minimum absolute atomic E-state index is 0.0408. The van der Waals surface area contributed by atoms with Crippen LogP contribution in [0.4, 0.5) is 0 Å². The Bertz CT molecular complexity index is 195. The smallest absolute Gasteiger partial charge is 0.322 e. The first-order chi connectivity index (χ1) is 5.27. The van der Waals surface area contributed by atoms with Crippen LogP contribution in [0.15, 0.2) is 0 Å². The molecule has 1 fully saturated rings. The molecule has 0 aromatic rings. The van der Waals surface area contributed by atoms with Crippen LogP contribution in [0.1, 0.15) is 12.8 Å². The van der Waals surface area contributed by atoms with Gasteiger partial charge in [-0.05, 0) is 12.8 Å². The van der Waals surface area contributed by atoms with E-state index in [4.69, 9.17) is 6.42 Å². The van der Waals surface area contributed by atoms with E-state index in [1.54, 1.807) is 0 Å². The molecule has 0 radical (unpaired) electrons. The number of carbonyl (C=O) groups is 1. The van der Waals surface area contributed by atoms with Crippen LogP contribution in [-0.2, 0) is 9.53 Å². The summed E-state index contributed by atoms with van der Waals surface area (Å²) in [7, 11) is 1.38. The standard InChI is InChI=1S/C8H11NO2/c1-3-6-4-5-7(9-6)8(10)11-2/h1,6-7,9H,4-5H2,2H3/t6-,7?/m1/s1. The largest absolute Gasteiger partial charge is 0.468 e. The van der Waals surface area contributed by atoms with E-state index in [0.29, 0.717) is 0 Å². The van der Waals surface area contributed by atoms with E-state index >= 15 is 0 Å². The molecule has 2 atom stereocenters. The molecule has 0 saturated carbocycles. The van der Waals surface area contributed by atoms with Gasteiger partial charge in [0.15, 0.2) is 0 Å². The number of carbonyl (C=O) groups excluding carboxylic acids is 1. The average Bonchev–Trinajstić information content (AvgIpc) is 2.50. The minimum atomic E-state index is -0.220. The van der Waals surface area contributed by atoms with E-state index in [0.717, 1.165) is 12.8 Å². The summed E-state index contributed by atoms with van der Waals surface area (Å²) in [5.74, 6) is 2.33. The molecule has 0 spiro atoms. The molecule has 1 saturated heterocycles. The Labute approximate surface area is 66.1 Å². The third-order valence-electron chi connectivity index (χ3n) is 1.83. The molecule has 3 heteroatoms. The van der Waals surface area contributed by atoms with Crippen molar-refractivity contribution in [1.29, 1.82) is 0 Å². The van der Waals surface area contributed by atoms with Crippen molar-refractivity contribution in [3.63, 3.8) is 0 Å². The number of methoxy groups -OCH3 is 1. The van der Waals surface area contributed by atoms with E-state index in [-0.39, 0.29) is 18.1 Å². The number of nitrogens with one attached hydrogen (secondary N) is 1. The summed E-state index contributed by atoms with van der Waals surface area (Å²) in [5, 5.41) is 2.98. The Kier molecular flexibility index (Phi) is 2.50. The number of hydrogen-bond donors (Lipinski definition) is 1. The quantitative estimate of drug-likeness (QED) is 0.423. The van der Waals surface area contributed by atoms with Crippen LogP contribution in [-0.4, -0.2) is 25.2 Å². The van der Waals surface area contributed by atoms with Crippen molar-refractivity contribution in [2.75, 3.05) is 7.11 Å². The zero-order valence-electron chi connectivity index (χ0n) is 6.46. The molecular formula is C8H11NO2. The average molecular weight is 153 g/mol. The molecule has 3 nitrogen and oxygen atoms in total. The van der Waals surface area contributed by atoms with Crippen molar-refractivity contribution in [3.05, 3.63) is 0 Å². The van der Waals surface area contributed by atoms with Crippen molar-refractivity contribution >= 4 is 5.97 Å². The molecule has 1 aliphatic heterocycles. The lowest BCUT2D eigenvalue weighted by Crippen LogP contribution is -2.35. The third kappa shape index (κ3) is 1.72. The first kappa shape index (κ1) is 8.09. The second kappa shape index (κ2) is 3.40. The first-order valence-corrected chi connectivity index (χ1v) is 3.58. The molecule has 0 aromatic carbocycles. The zero-order valence-corrected chi connectivity index (χ0v) is 6.46. The maximum atomic E-state index is 10.9. The molecule has 0 bridgehead atoms. The molecule has 1 N–H and O–H groups in total. The Balaban J connectivity index is 2.43. The van der Waals surface area contributed by atoms with Crippen molar-refractivity contribution < 1.29 is 9.53 Å². The Morgan fingerprint density at radius 3 is 2.91 bits per heavy atom. The van der Waals surface area contributed by atoms with Gasteiger partial charge in [0.2, 0.25) is 0 Å². The highest BCUT2D eigenvalue weighted by atomic mass is 16.5. The van der Waals surface area contributed by atoms with Crippen molar-refractivity contribution in [1.82, 2.24) is 5.32 Å². The second-order valence-electron chi connectivity index (χ2n) is 2.54. The molecule has 0 aromatic heterocycles. The summed E-state index contributed by atoms with van der Waals surface area (Å²) in [5.41, 5.74) is 0. The van der Waals surface area contributed by atoms with Crippen LogP contribution >= 0.6 is 0 Å². The lowest BCUT2D eigenvalue weighted by Gasteiger charge is -2.07. The number of rotatable bonds is 1. The molecular weight excluding hydrogens is 142 g/mol. The summed E-state index contributed by atoms with van der Waals surface area (Å²) in [6.07, 6.45) is 6.81. The Morgan fingerprint density at radius 2 is 2.45 bits per heavy atom. The van der Waals surface area contributed by atoms with Crippen LogP contribution in [0.25, 0.3) is 0 Å². The van der Waals surface area contributed by atoms with Crippen LogP contribution in [0, 0.1) is 12.3 Å². The molecule has 11 heavy (non-hydrogen) atoms. The molecule has 1 rings (SSSR count). The lowest BCUT2D eigenvalue weighted by molar-refractivity contribution is -0.142. The maximum absolute atomic E-state index is 10.9. The van der Waals surface area contributed by atoms with Crippen molar-refractivity contribution in [3.8, 4) is 12.3 Å². The first-order valence-electron chi connectivity index (χ1n) is 3.58. The van der Waals surface area contributed by atoms with Gasteiger partial charge in [-0.15, -0.1) is 6.42 Å². The van der Waals surface area contributed by atoms with E-state index in [9.17, 15) is 4.79 Å². The molecule has 0 aliphatic carbocycles. The van der Waals surface area contributed by atoms with Gasteiger partial charge in [-0.25, -0.2) is 0 Å². The van der Waals surface area contributed by atoms with Gasteiger partial charge in [0.1, 0.15) is 6.04 Å². The predicted molar refractivity (Wildman–Crippen MR) is 40.8 cm³/mol. The highest BCUT2D eigenvalue weighted by Gasteiger charge is 2.28. The van der Waals surface area contributed by atoms with Gasteiger partial charge in [0.25, 0.3) is 0 Å².